The van der Waals surface area contributed by atoms with Crippen LogP contribution in [0.2, 0.25) is 0 Å². The van der Waals surface area contributed by atoms with Gasteiger partial charge in [0.1, 0.15) is 11.8 Å². The molecule has 2 aromatic carbocycles. The lowest BCUT2D eigenvalue weighted by Gasteiger charge is -2.25. The molecule has 3 amide bonds. The van der Waals surface area contributed by atoms with Crippen molar-refractivity contribution in [2.45, 2.75) is 25.6 Å². The van der Waals surface area contributed by atoms with Crippen molar-refractivity contribution < 1.29 is 22.7 Å². The average molecular weight is 510 g/mol. The number of aromatic nitrogens is 1. The molecule has 188 valence electrons. The minimum Gasteiger partial charge on any atom is -0.497 e. The number of likely N-dealkylation sites (N-methyl/N-ethyl adjacent to an activating group) is 1. The van der Waals surface area contributed by atoms with Crippen LogP contribution in [0, 0.1) is 0 Å². The summed E-state index contributed by atoms with van der Waals surface area (Å²) in [6, 6.07) is 15.8. The topological polar surface area (TPSA) is 121 Å². The van der Waals surface area contributed by atoms with E-state index in [1.807, 2.05) is 35.1 Å². The fourth-order valence-electron chi connectivity index (χ4n) is 3.94. The summed E-state index contributed by atoms with van der Waals surface area (Å²) in [5.74, 6) is 0.235. The number of benzene rings is 2. The van der Waals surface area contributed by atoms with E-state index in [2.05, 4.69) is 10.3 Å². The van der Waals surface area contributed by atoms with Gasteiger partial charge in [0.15, 0.2) is 0 Å². The predicted molar refractivity (Wildman–Crippen MR) is 134 cm³/mol. The fraction of sp³-hybridized carbons (Fsp3) is 0.240. The molecule has 4 rings (SSSR count). The Morgan fingerprint density at radius 3 is 2.42 bits per heavy atom. The standard InChI is InChI=1S/C25H27N5O5S/c1-29(21-8-10-22(35-2)11-9-21)24(31)23(14-18-6-4-3-5-7-18)27-25(32)28-36(33,34)30-16-19-12-13-26-15-20(19)17-30/h3-13,15,23H,14,16-17H2,1-2H3,(H2,27,28,32)/t23-/m0/s1. The zero-order valence-corrected chi connectivity index (χ0v) is 20.7. The first-order valence-electron chi connectivity index (χ1n) is 11.2. The monoisotopic (exact) mass is 509 g/mol. The molecule has 0 bridgehead atoms. The summed E-state index contributed by atoms with van der Waals surface area (Å²) in [5.41, 5.74) is 3.01. The Hall–Kier alpha value is -3.96. The van der Waals surface area contributed by atoms with Crippen LogP contribution in [0.3, 0.4) is 0 Å². The zero-order valence-electron chi connectivity index (χ0n) is 19.9. The first-order valence-corrected chi connectivity index (χ1v) is 12.7. The van der Waals surface area contributed by atoms with Gasteiger partial charge in [-0.2, -0.15) is 12.7 Å². The van der Waals surface area contributed by atoms with E-state index in [4.69, 9.17) is 4.74 Å². The lowest BCUT2D eigenvalue weighted by Crippen LogP contribution is -2.54. The molecule has 0 saturated heterocycles. The van der Waals surface area contributed by atoms with Gasteiger partial charge in [-0.05, 0) is 47.0 Å². The maximum atomic E-state index is 13.4. The molecule has 1 atom stereocenters. The van der Waals surface area contributed by atoms with Crippen molar-refractivity contribution in [2.75, 3.05) is 19.1 Å². The van der Waals surface area contributed by atoms with Gasteiger partial charge in [0, 0.05) is 44.6 Å². The van der Waals surface area contributed by atoms with Crippen LogP contribution in [0.25, 0.3) is 0 Å². The van der Waals surface area contributed by atoms with E-state index >= 15 is 0 Å². The molecule has 3 aromatic rings. The number of carbonyl (C=O) groups is 2. The minimum absolute atomic E-state index is 0.109. The van der Waals surface area contributed by atoms with Crippen LogP contribution in [0.15, 0.2) is 73.1 Å². The number of anilines is 1. The molecule has 0 spiro atoms. The van der Waals surface area contributed by atoms with Crippen LogP contribution in [0.4, 0.5) is 10.5 Å². The number of carbonyl (C=O) groups excluding carboxylic acids is 2. The summed E-state index contributed by atoms with van der Waals surface area (Å²) in [4.78, 5) is 31.6. The number of methoxy groups -OCH3 is 1. The Labute approximate surface area is 210 Å². The second-order valence-electron chi connectivity index (χ2n) is 8.33. The second kappa shape index (κ2) is 10.8. The second-order valence-corrected chi connectivity index (χ2v) is 10.0. The molecule has 36 heavy (non-hydrogen) atoms. The van der Waals surface area contributed by atoms with Crippen molar-refractivity contribution in [3.8, 4) is 5.75 Å². The molecule has 0 aliphatic carbocycles. The summed E-state index contributed by atoms with van der Waals surface area (Å²) in [5, 5.41) is 2.56. The van der Waals surface area contributed by atoms with Crippen molar-refractivity contribution in [2.24, 2.45) is 0 Å². The van der Waals surface area contributed by atoms with Crippen molar-refractivity contribution in [3.63, 3.8) is 0 Å². The third-order valence-corrected chi connectivity index (χ3v) is 7.32. The number of hydrogen-bond acceptors (Lipinski definition) is 6. The Morgan fingerprint density at radius 1 is 1.06 bits per heavy atom. The van der Waals surface area contributed by atoms with E-state index in [-0.39, 0.29) is 19.5 Å². The highest BCUT2D eigenvalue weighted by atomic mass is 32.2. The van der Waals surface area contributed by atoms with Gasteiger partial charge in [0.05, 0.1) is 7.11 Å². The fourth-order valence-corrected chi connectivity index (χ4v) is 4.98. The summed E-state index contributed by atoms with van der Waals surface area (Å²) in [6.07, 6.45) is 3.37. The maximum absolute atomic E-state index is 13.4. The van der Waals surface area contributed by atoms with Crippen molar-refractivity contribution in [1.82, 2.24) is 19.3 Å². The molecular weight excluding hydrogens is 482 g/mol. The van der Waals surface area contributed by atoms with Crippen LogP contribution in [0.5, 0.6) is 5.75 Å². The molecule has 2 N–H and O–H groups in total. The highest BCUT2D eigenvalue weighted by Gasteiger charge is 2.32. The Morgan fingerprint density at radius 2 is 1.75 bits per heavy atom. The first kappa shape index (κ1) is 25.1. The van der Waals surface area contributed by atoms with Gasteiger partial charge in [0.25, 0.3) is 0 Å². The molecule has 2 heterocycles. The normalized spacial score (nSPS) is 13.9. The zero-order chi connectivity index (χ0) is 25.7. The van der Waals surface area contributed by atoms with E-state index in [1.165, 1.54) is 4.90 Å². The van der Waals surface area contributed by atoms with Gasteiger partial charge in [-0.3, -0.25) is 9.78 Å². The SMILES string of the molecule is COc1ccc(N(C)C(=O)[C@H](Cc2ccccc2)NC(=O)NS(=O)(=O)N2Cc3ccncc3C2)cc1. The number of nitrogens with one attached hydrogen (secondary N) is 2. The Kier molecular flexibility index (Phi) is 7.51. The van der Waals surface area contributed by atoms with Crippen molar-refractivity contribution in [3.05, 3.63) is 89.7 Å². The summed E-state index contributed by atoms with van der Waals surface area (Å²) in [6.45, 7) is 0.241. The number of rotatable bonds is 8. The highest BCUT2D eigenvalue weighted by Crippen LogP contribution is 2.23. The molecule has 11 heteroatoms. The van der Waals surface area contributed by atoms with E-state index < -0.39 is 28.2 Å². The molecular formula is C25H27N5O5S. The van der Waals surface area contributed by atoms with Crippen LogP contribution in [0.1, 0.15) is 16.7 Å². The molecule has 10 nitrogen and oxygen atoms in total. The molecule has 0 fully saturated rings. The van der Waals surface area contributed by atoms with Crippen LogP contribution in [-0.4, -0.2) is 49.8 Å². The summed E-state index contributed by atoms with van der Waals surface area (Å²) >= 11 is 0. The largest absolute Gasteiger partial charge is 0.497 e. The highest BCUT2D eigenvalue weighted by molar-refractivity contribution is 7.87. The Bertz CT molecular complexity index is 1310. The molecule has 1 aliphatic heterocycles. The third kappa shape index (κ3) is 5.81. The minimum atomic E-state index is -4.15. The quantitative estimate of drug-likeness (QED) is 0.480. The van der Waals surface area contributed by atoms with Crippen LogP contribution in [-0.2, 0) is 34.5 Å². The molecule has 0 unspecified atom stereocenters. The number of hydrogen-bond donors (Lipinski definition) is 2. The van der Waals surface area contributed by atoms with E-state index in [9.17, 15) is 18.0 Å². The first-order chi connectivity index (χ1) is 17.3. The average Bonchev–Trinajstić information content (AvgIpc) is 3.33. The number of nitrogens with zero attached hydrogens (tertiary/aromatic N) is 3. The number of ether oxygens (including phenoxy) is 1. The third-order valence-electron chi connectivity index (χ3n) is 5.94. The van der Waals surface area contributed by atoms with Gasteiger partial charge in [-0.15, -0.1) is 0 Å². The van der Waals surface area contributed by atoms with Crippen LogP contribution >= 0.6 is 0 Å². The molecule has 1 aliphatic rings. The van der Waals surface area contributed by atoms with Gasteiger partial charge >= 0.3 is 16.2 Å². The van der Waals surface area contributed by atoms with Crippen molar-refractivity contribution >= 4 is 27.8 Å². The molecule has 0 radical (unpaired) electrons. The predicted octanol–water partition coefficient (Wildman–Crippen LogP) is 2.22. The van der Waals surface area contributed by atoms with E-state index in [0.717, 1.165) is 21.0 Å². The smallest absolute Gasteiger partial charge is 0.330 e. The number of pyridine rings is 1. The van der Waals surface area contributed by atoms with Gasteiger partial charge in [0.2, 0.25) is 5.91 Å². The lowest BCUT2D eigenvalue weighted by atomic mass is 10.0. The number of fused-ring (bicyclic) bond motifs is 1. The number of urea groups is 1. The van der Waals surface area contributed by atoms with Crippen LogP contribution < -0.4 is 19.7 Å². The lowest BCUT2D eigenvalue weighted by molar-refractivity contribution is -0.120. The molecule has 0 saturated carbocycles. The summed E-state index contributed by atoms with van der Waals surface area (Å²) < 4.78 is 34.1. The van der Waals surface area contributed by atoms with Crippen molar-refractivity contribution in [1.29, 1.82) is 0 Å². The summed E-state index contributed by atoms with van der Waals surface area (Å²) in [7, 11) is -1.01. The van der Waals surface area contributed by atoms with Gasteiger partial charge < -0.3 is 15.0 Å². The molecule has 1 aromatic heterocycles. The maximum Gasteiger partial charge on any atom is 0.330 e. The van der Waals surface area contributed by atoms with E-state index in [1.54, 1.807) is 56.9 Å². The number of amides is 3. The van der Waals surface area contributed by atoms with E-state index in [0.29, 0.717) is 11.4 Å². The van der Waals surface area contributed by atoms with Gasteiger partial charge in [-0.1, -0.05) is 30.3 Å². The Balaban J connectivity index is 1.48. The van der Waals surface area contributed by atoms with Gasteiger partial charge in [-0.25, -0.2) is 9.52 Å².